The van der Waals surface area contributed by atoms with Gasteiger partial charge < -0.3 is 20.2 Å². The van der Waals surface area contributed by atoms with E-state index in [-0.39, 0.29) is 17.9 Å². The normalized spacial score (nSPS) is 23.1. The summed E-state index contributed by atoms with van der Waals surface area (Å²) in [7, 11) is 0. The monoisotopic (exact) mass is 325 g/mol. The van der Waals surface area contributed by atoms with Gasteiger partial charge in [0.2, 0.25) is 11.8 Å². The van der Waals surface area contributed by atoms with Crippen molar-refractivity contribution in [3.8, 4) is 0 Å². The summed E-state index contributed by atoms with van der Waals surface area (Å²) in [5.41, 5.74) is 0. The second-order valence-electron chi connectivity index (χ2n) is 6.74. The molecule has 0 unspecified atom stereocenters. The Morgan fingerprint density at radius 2 is 2.04 bits per heavy atom. The molecule has 23 heavy (non-hydrogen) atoms. The topological polar surface area (TPSA) is 72.9 Å². The first-order valence-corrected chi connectivity index (χ1v) is 9.10. The number of aliphatic hydroxyl groups is 1. The molecule has 2 aliphatic rings. The van der Waals surface area contributed by atoms with E-state index in [2.05, 4.69) is 10.2 Å². The van der Waals surface area contributed by atoms with Crippen LogP contribution in [0, 0.1) is 0 Å². The van der Waals surface area contributed by atoms with Gasteiger partial charge in [0.1, 0.15) is 0 Å². The average Bonchev–Trinajstić information content (AvgIpc) is 2.53. The Kier molecular flexibility index (Phi) is 7.82. The summed E-state index contributed by atoms with van der Waals surface area (Å²) in [5, 5.41) is 12.6. The van der Waals surface area contributed by atoms with E-state index in [1.54, 1.807) is 0 Å². The van der Waals surface area contributed by atoms with Gasteiger partial charge in [0.15, 0.2) is 0 Å². The Hall–Kier alpha value is -1.14. The molecule has 2 saturated heterocycles. The van der Waals surface area contributed by atoms with E-state index in [0.717, 1.165) is 64.7 Å². The average molecular weight is 325 g/mol. The highest BCUT2D eigenvalue weighted by Crippen LogP contribution is 2.11. The van der Waals surface area contributed by atoms with Crippen LogP contribution in [0.5, 0.6) is 0 Å². The molecule has 1 atom stereocenters. The largest absolute Gasteiger partial charge is 0.392 e. The van der Waals surface area contributed by atoms with E-state index in [4.69, 9.17) is 0 Å². The first-order chi connectivity index (χ1) is 11.1. The zero-order valence-corrected chi connectivity index (χ0v) is 14.1. The number of piperidine rings is 2. The quantitative estimate of drug-likeness (QED) is 0.646. The highest BCUT2D eigenvalue weighted by molar-refractivity contribution is 5.77. The van der Waals surface area contributed by atoms with E-state index in [9.17, 15) is 14.7 Å². The van der Waals surface area contributed by atoms with Gasteiger partial charge in [-0.1, -0.05) is 0 Å². The van der Waals surface area contributed by atoms with Crippen molar-refractivity contribution in [2.24, 2.45) is 0 Å². The van der Waals surface area contributed by atoms with Crippen molar-refractivity contribution < 1.29 is 14.7 Å². The van der Waals surface area contributed by atoms with Gasteiger partial charge in [-0.2, -0.15) is 0 Å². The molecule has 0 aromatic rings. The van der Waals surface area contributed by atoms with E-state index in [1.807, 2.05) is 4.90 Å². The summed E-state index contributed by atoms with van der Waals surface area (Å²) >= 11 is 0. The zero-order valence-electron chi connectivity index (χ0n) is 14.1. The number of likely N-dealkylation sites (tertiary alicyclic amines) is 2. The Morgan fingerprint density at radius 1 is 1.17 bits per heavy atom. The highest BCUT2D eigenvalue weighted by atomic mass is 16.3. The third-order valence-electron chi connectivity index (χ3n) is 4.71. The van der Waals surface area contributed by atoms with Crippen LogP contribution in [0.3, 0.4) is 0 Å². The number of nitrogens with one attached hydrogen (secondary N) is 1. The number of β-amino-alcohol motifs (C(OH)–C–C–N with tert-alkyl or cyclic N) is 1. The number of rotatable bonds is 8. The number of amides is 2. The van der Waals surface area contributed by atoms with Gasteiger partial charge in [-0.15, -0.1) is 0 Å². The highest BCUT2D eigenvalue weighted by Gasteiger charge is 2.18. The Bertz CT molecular complexity index is 389. The van der Waals surface area contributed by atoms with Gasteiger partial charge in [0, 0.05) is 39.0 Å². The van der Waals surface area contributed by atoms with Gasteiger partial charge in [-0.05, 0) is 51.6 Å². The maximum atomic E-state index is 11.8. The predicted octanol–water partition coefficient (Wildman–Crippen LogP) is 0.742. The maximum Gasteiger partial charge on any atom is 0.222 e. The van der Waals surface area contributed by atoms with E-state index < -0.39 is 0 Å². The molecule has 2 heterocycles. The fourth-order valence-corrected chi connectivity index (χ4v) is 3.38. The van der Waals surface area contributed by atoms with Crippen molar-refractivity contribution in [1.82, 2.24) is 15.1 Å². The SMILES string of the molecule is O=C(CCCN1CCCCC1=O)NCCCN1CCC[C@H](O)C1. The lowest BCUT2D eigenvalue weighted by molar-refractivity contribution is -0.133. The van der Waals surface area contributed by atoms with Crippen LogP contribution < -0.4 is 5.32 Å². The lowest BCUT2D eigenvalue weighted by atomic mass is 10.1. The maximum absolute atomic E-state index is 11.8. The van der Waals surface area contributed by atoms with Crippen molar-refractivity contribution in [3.63, 3.8) is 0 Å². The van der Waals surface area contributed by atoms with Crippen LogP contribution in [0.25, 0.3) is 0 Å². The lowest BCUT2D eigenvalue weighted by Crippen LogP contribution is -2.39. The molecule has 2 rings (SSSR count). The Balaban J connectivity index is 1.47. The van der Waals surface area contributed by atoms with Crippen molar-refractivity contribution in [2.75, 3.05) is 39.3 Å². The van der Waals surface area contributed by atoms with Crippen LogP contribution in [0.4, 0.5) is 0 Å². The second-order valence-corrected chi connectivity index (χ2v) is 6.74. The van der Waals surface area contributed by atoms with Crippen LogP contribution in [0.15, 0.2) is 0 Å². The Morgan fingerprint density at radius 3 is 2.83 bits per heavy atom. The van der Waals surface area contributed by atoms with Gasteiger partial charge in [0.25, 0.3) is 0 Å². The molecule has 2 fully saturated rings. The van der Waals surface area contributed by atoms with Crippen LogP contribution in [-0.2, 0) is 9.59 Å². The Labute approximate surface area is 139 Å². The third kappa shape index (κ3) is 6.87. The molecule has 0 saturated carbocycles. The number of aliphatic hydroxyl groups excluding tert-OH is 1. The van der Waals surface area contributed by atoms with Crippen molar-refractivity contribution in [3.05, 3.63) is 0 Å². The first-order valence-electron chi connectivity index (χ1n) is 9.10. The van der Waals surface area contributed by atoms with Gasteiger partial charge in [-0.25, -0.2) is 0 Å². The molecule has 0 aromatic heterocycles. The minimum atomic E-state index is -0.184. The minimum Gasteiger partial charge on any atom is -0.392 e. The summed E-state index contributed by atoms with van der Waals surface area (Å²) < 4.78 is 0. The summed E-state index contributed by atoms with van der Waals surface area (Å²) in [5.74, 6) is 0.313. The number of hydrogen-bond acceptors (Lipinski definition) is 4. The molecule has 0 bridgehead atoms. The van der Waals surface area contributed by atoms with Gasteiger partial charge in [0.05, 0.1) is 6.10 Å². The van der Waals surface area contributed by atoms with Gasteiger partial charge in [-0.3, -0.25) is 9.59 Å². The number of nitrogens with zero attached hydrogens (tertiary/aromatic N) is 2. The zero-order chi connectivity index (χ0) is 16.5. The standard InChI is InChI=1S/C17H31N3O3/c21-15-6-3-10-19(14-15)11-5-9-18-16(22)7-4-13-20-12-2-1-8-17(20)23/h15,21H,1-14H2,(H,18,22)/t15-/m0/s1. The van der Waals surface area contributed by atoms with Gasteiger partial charge >= 0.3 is 0 Å². The molecule has 132 valence electrons. The molecule has 0 spiro atoms. The van der Waals surface area contributed by atoms with Crippen LogP contribution in [0.2, 0.25) is 0 Å². The molecule has 2 aliphatic heterocycles. The van der Waals surface area contributed by atoms with E-state index >= 15 is 0 Å². The minimum absolute atomic E-state index is 0.0770. The molecule has 2 amide bonds. The van der Waals surface area contributed by atoms with Crippen molar-refractivity contribution in [1.29, 1.82) is 0 Å². The van der Waals surface area contributed by atoms with Crippen LogP contribution in [-0.4, -0.2) is 72.1 Å². The molecular formula is C17H31N3O3. The van der Waals surface area contributed by atoms with Crippen molar-refractivity contribution in [2.45, 2.75) is 57.5 Å². The molecule has 0 radical (unpaired) electrons. The molecule has 0 aliphatic carbocycles. The number of carbonyl (C=O) groups is 2. The summed E-state index contributed by atoms with van der Waals surface area (Å²) in [4.78, 5) is 27.6. The fraction of sp³-hybridized carbons (Fsp3) is 0.882. The summed E-state index contributed by atoms with van der Waals surface area (Å²) in [6.45, 7) is 4.99. The van der Waals surface area contributed by atoms with E-state index in [0.29, 0.717) is 25.9 Å². The first kappa shape index (κ1) is 18.2. The number of carbonyl (C=O) groups excluding carboxylic acids is 2. The van der Waals surface area contributed by atoms with Crippen molar-refractivity contribution >= 4 is 11.8 Å². The molecule has 0 aromatic carbocycles. The summed E-state index contributed by atoms with van der Waals surface area (Å²) in [6, 6.07) is 0. The molecular weight excluding hydrogens is 294 g/mol. The lowest BCUT2D eigenvalue weighted by Gasteiger charge is -2.29. The predicted molar refractivity (Wildman–Crippen MR) is 89.0 cm³/mol. The second kappa shape index (κ2) is 9.88. The number of hydrogen-bond donors (Lipinski definition) is 2. The smallest absolute Gasteiger partial charge is 0.222 e. The summed E-state index contributed by atoms with van der Waals surface area (Å²) in [6.07, 6.45) is 6.70. The molecule has 2 N–H and O–H groups in total. The van der Waals surface area contributed by atoms with E-state index in [1.165, 1.54) is 0 Å². The van der Waals surface area contributed by atoms with Crippen LogP contribution in [0.1, 0.15) is 51.4 Å². The third-order valence-corrected chi connectivity index (χ3v) is 4.71. The van der Waals surface area contributed by atoms with Crippen LogP contribution >= 0.6 is 0 Å². The molecule has 6 heteroatoms. The fourth-order valence-electron chi connectivity index (χ4n) is 3.38. The molecule has 6 nitrogen and oxygen atoms in total.